The number of carbonyl (C=O) groups is 1. The van der Waals surface area contributed by atoms with Gasteiger partial charge in [0.05, 0.1) is 7.11 Å². The van der Waals surface area contributed by atoms with E-state index in [1.54, 1.807) is 7.11 Å². The number of nitrogens with two attached hydrogens (primary N) is 1. The summed E-state index contributed by atoms with van der Waals surface area (Å²) in [6.45, 7) is 0. The van der Waals surface area contributed by atoms with Crippen molar-refractivity contribution < 1.29 is 9.53 Å². The summed E-state index contributed by atoms with van der Waals surface area (Å²) in [6, 6.07) is 7.70. The first kappa shape index (κ1) is 14.2. The molecule has 0 radical (unpaired) electrons. The number of anilines is 1. The predicted molar refractivity (Wildman–Crippen MR) is 83.2 cm³/mol. The predicted octanol–water partition coefficient (Wildman–Crippen LogP) is 2.93. The molecular formula is C17H24N2O2. The molecule has 2 atom stereocenters. The lowest BCUT2D eigenvalue weighted by Gasteiger charge is -2.40. The van der Waals surface area contributed by atoms with Gasteiger partial charge in [0.25, 0.3) is 0 Å². The smallest absolute Gasteiger partial charge is 0.243 e. The fourth-order valence-electron chi connectivity index (χ4n) is 3.64. The summed E-state index contributed by atoms with van der Waals surface area (Å²) in [4.78, 5) is 12.1. The summed E-state index contributed by atoms with van der Waals surface area (Å²) in [5.74, 6) is 2.07. The second kappa shape index (κ2) is 5.58. The number of amides is 1. The molecule has 1 aromatic rings. The van der Waals surface area contributed by atoms with Gasteiger partial charge in [0.15, 0.2) is 0 Å². The van der Waals surface area contributed by atoms with E-state index in [1.165, 1.54) is 19.3 Å². The molecule has 4 heteroatoms. The first-order chi connectivity index (χ1) is 10.1. The highest BCUT2D eigenvalue weighted by molar-refractivity contribution is 5.88. The van der Waals surface area contributed by atoms with Crippen LogP contribution in [0.25, 0.3) is 0 Å². The molecule has 0 aromatic heterocycles. The highest BCUT2D eigenvalue weighted by Crippen LogP contribution is 2.47. The van der Waals surface area contributed by atoms with Crippen LogP contribution in [0.1, 0.15) is 38.5 Å². The lowest BCUT2D eigenvalue weighted by Crippen LogP contribution is -2.53. The Balaban J connectivity index is 1.77. The molecular weight excluding hydrogens is 264 g/mol. The number of methoxy groups -OCH3 is 1. The molecule has 2 aliphatic rings. The van der Waals surface area contributed by atoms with Crippen molar-refractivity contribution in [2.75, 3.05) is 12.4 Å². The van der Waals surface area contributed by atoms with Crippen molar-refractivity contribution in [1.82, 2.24) is 0 Å². The Morgan fingerprint density at radius 3 is 2.52 bits per heavy atom. The Labute approximate surface area is 126 Å². The molecule has 2 fully saturated rings. The SMILES string of the molecule is COc1ccc(NC2(C(N)=O)CCCC(C3CC3)C2)cc1. The molecule has 0 bridgehead atoms. The van der Waals surface area contributed by atoms with Crippen LogP contribution in [0.4, 0.5) is 5.69 Å². The molecule has 2 saturated carbocycles. The van der Waals surface area contributed by atoms with Gasteiger partial charge in [-0.1, -0.05) is 6.42 Å². The number of ether oxygens (including phenoxy) is 1. The summed E-state index contributed by atoms with van der Waals surface area (Å²) < 4.78 is 5.17. The van der Waals surface area contributed by atoms with Crippen LogP contribution in [0.2, 0.25) is 0 Å². The molecule has 114 valence electrons. The van der Waals surface area contributed by atoms with E-state index in [0.29, 0.717) is 5.92 Å². The van der Waals surface area contributed by atoms with Gasteiger partial charge in [-0.15, -0.1) is 0 Å². The van der Waals surface area contributed by atoms with Crippen LogP contribution >= 0.6 is 0 Å². The van der Waals surface area contributed by atoms with Crippen LogP contribution in [-0.2, 0) is 4.79 Å². The zero-order chi connectivity index (χ0) is 14.9. The molecule has 2 aliphatic carbocycles. The quantitative estimate of drug-likeness (QED) is 0.875. The molecule has 4 nitrogen and oxygen atoms in total. The Bertz CT molecular complexity index is 510. The summed E-state index contributed by atoms with van der Waals surface area (Å²) >= 11 is 0. The molecule has 0 saturated heterocycles. The fraction of sp³-hybridized carbons (Fsp3) is 0.588. The molecule has 21 heavy (non-hydrogen) atoms. The first-order valence-corrected chi connectivity index (χ1v) is 7.85. The van der Waals surface area contributed by atoms with Gasteiger partial charge in [0.1, 0.15) is 11.3 Å². The molecule has 0 heterocycles. The van der Waals surface area contributed by atoms with E-state index in [4.69, 9.17) is 10.5 Å². The highest BCUT2D eigenvalue weighted by atomic mass is 16.5. The number of nitrogens with one attached hydrogen (secondary N) is 1. The average molecular weight is 288 g/mol. The Kier molecular flexibility index (Phi) is 3.79. The van der Waals surface area contributed by atoms with Crippen LogP contribution in [0, 0.1) is 11.8 Å². The van der Waals surface area contributed by atoms with Gasteiger partial charge in [-0.25, -0.2) is 0 Å². The van der Waals surface area contributed by atoms with Crippen molar-refractivity contribution in [2.45, 2.75) is 44.1 Å². The van der Waals surface area contributed by atoms with Crippen molar-refractivity contribution in [2.24, 2.45) is 17.6 Å². The minimum Gasteiger partial charge on any atom is -0.497 e. The zero-order valence-electron chi connectivity index (χ0n) is 12.6. The Hall–Kier alpha value is -1.71. The number of carbonyl (C=O) groups excluding carboxylic acids is 1. The maximum absolute atomic E-state index is 12.1. The van der Waals surface area contributed by atoms with Crippen LogP contribution in [0.15, 0.2) is 24.3 Å². The minimum absolute atomic E-state index is 0.219. The van der Waals surface area contributed by atoms with Gasteiger partial charge >= 0.3 is 0 Å². The molecule has 2 unspecified atom stereocenters. The van der Waals surface area contributed by atoms with E-state index in [-0.39, 0.29) is 5.91 Å². The third-order valence-electron chi connectivity index (χ3n) is 5.02. The van der Waals surface area contributed by atoms with Gasteiger partial charge in [0.2, 0.25) is 5.91 Å². The number of hydrogen-bond acceptors (Lipinski definition) is 3. The van der Waals surface area contributed by atoms with E-state index in [0.717, 1.165) is 36.6 Å². The molecule has 1 amide bonds. The molecule has 0 spiro atoms. The first-order valence-electron chi connectivity index (χ1n) is 7.85. The monoisotopic (exact) mass is 288 g/mol. The lowest BCUT2D eigenvalue weighted by molar-refractivity contribution is -0.124. The Morgan fingerprint density at radius 1 is 1.24 bits per heavy atom. The van der Waals surface area contributed by atoms with Crippen LogP contribution in [0.3, 0.4) is 0 Å². The van der Waals surface area contributed by atoms with E-state index in [1.807, 2.05) is 24.3 Å². The van der Waals surface area contributed by atoms with Crippen LogP contribution < -0.4 is 15.8 Å². The van der Waals surface area contributed by atoms with Crippen LogP contribution in [-0.4, -0.2) is 18.6 Å². The Morgan fingerprint density at radius 2 is 1.95 bits per heavy atom. The van der Waals surface area contributed by atoms with Gasteiger partial charge in [0, 0.05) is 5.69 Å². The lowest BCUT2D eigenvalue weighted by atomic mass is 9.73. The van der Waals surface area contributed by atoms with E-state index in [2.05, 4.69) is 5.32 Å². The molecule has 3 N–H and O–H groups in total. The number of hydrogen-bond donors (Lipinski definition) is 2. The second-order valence-corrected chi connectivity index (χ2v) is 6.49. The number of rotatable bonds is 5. The third kappa shape index (κ3) is 2.99. The van der Waals surface area contributed by atoms with Crippen molar-refractivity contribution >= 4 is 11.6 Å². The maximum atomic E-state index is 12.1. The van der Waals surface area contributed by atoms with Gasteiger partial charge < -0.3 is 15.8 Å². The van der Waals surface area contributed by atoms with Crippen molar-refractivity contribution in [3.63, 3.8) is 0 Å². The molecule has 3 rings (SSSR count). The van der Waals surface area contributed by atoms with Crippen LogP contribution in [0.5, 0.6) is 5.75 Å². The summed E-state index contributed by atoms with van der Waals surface area (Å²) in [5, 5.41) is 3.43. The maximum Gasteiger partial charge on any atom is 0.243 e. The summed E-state index contributed by atoms with van der Waals surface area (Å²) in [5.41, 5.74) is 6.12. The van der Waals surface area contributed by atoms with Gasteiger partial charge in [-0.05, 0) is 68.2 Å². The summed E-state index contributed by atoms with van der Waals surface area (Å²) in [7, 11) is 1.65. The van der Waals surface area contributed by atoms with E-state index in [9.17, 15) is 4.79 Å². The number of primary amides is 1. The van der Waals surface area contributed by atoms with Crippen molar-refractivity contribution in [1.29, 1.82) is 0 Å². The standard InChI is InChI=1S/C17H24N2O2/c1-21-15-8-6-14(7-9-15)19-17(16(18)20)10-2-3-13(11-17)12-4-5-12/h6-9,12-13,19H,2-5,10-11H2,1H3,(H2,18,20). The highest BCUT2D eigenvalue weighted by Gasteiger charge is 2.45. The third-order valence-corrected chi connectivity index (χ3v) is 5.02. The molecule has 1 aromatic carbocycles. The van der Waals surface area contributed by atoms with Gasteiger partial charge in [-0.2, -0.15) is 0 Å². The normalized spacial score (nSPS) is 28.9. The topological polar surface area (TPSA) is 64.3 Å². The fourth-order valence-corrected chi connectivity index (χ4v) is 3.64. The van der Waals surface area contributed by atoms with Crippen molar-refractivity contribution in [3.05, 3.63) is 24.3 Å². The second-order valence-electron chi connectivity index (χ2n) is 6.49. The summed E-state index contributed by atoms with van der Waals surface area (Å²) in [6.07, 6.45) is 6.66. The number of benzene rings is 1. The molecule has 0 aliphatic heterocycles. The largest absolute Gasteiger partial charge is 0.497 e. The van der Waals surface area contributed by atoms with E-state index >= 15 is 0 Å². The minimum atomic E-state index is -0.583. The average Bonchev–Trinajstić information content (AvgIpc) is 3.33. The van der Waals surface area contributed by atoms with Gasteiger partial charge in [-0.3, -0.25) is 4.79 Å². The van der Waals surface area contributed by atoms with E-state index < -0.39 is 5.54 Å². The zero-order valence-corrected chi connectivity index (χ0v) is 12.6. The van der Waals surface area contributed by atoms with Crippen molar-refractivity contribution in [3.8, 4) is 5.75 Å².